The Kier molecular flexibility index (Phi) is 3.66. The van der Waals surface area contributed by atoms with Crippen molar-refractivity contribution in [3.8, 4) is 0 Å². The number of hydrogen-bond donors (Lipinski definition) is 4. The Balaban J connectivity index is 3.10. The summed E-state index contributed by atoms with van der Waals surface area (Å²) < 4.78 is 0. The minimum absolute atomic E-state index is 0.281. The highest BCUT2D eigenvalue weighted by molar-refractivity contribution is 6.16. The van der Waals surface area contributed by atoms with Crippen molar-refractivity contribution in [2.24, 2.45) is 16.5 Å². The summed E-state index contributed by atoms with van der Waals surface area (Å²) in [6, 6.07) is 6.45. The summed E-state index contributed by atoms with van der Waals surface area (Å²) in [5.41, 5.74) is 16.9. The molecule has 0 aliphatic heterocycles. The molecule has 1 aromatic rings. The van der Waals surface area contributed by atoms with Crippen LogP contribution in [0.1, 0.15) is 6.92 Å². The average molecular weight is 234 g/mol. The van der Waals surface area contributed by atoms with Crippen molar-refractivity contribution in [2.75, 3.05) is 10.6 Å². The SMILES string of the molecule is CC(=O)N(C(=N)N=C(N)N)c1ccc(N)cc1. The van der Waals surface area contributed by atoms with Crippen LogP contribution in [0.3, 0.4) is 0 Å². The predicted octanol–water partition coefficient (Wildman–Crippen LogP) is -0.170. The second-order valence-corrected chi connectivity index (χ2v) is 3.31. The number of rotatable bonds is 1. The van der Waals surface area contributed by atoms with Crippen LogP contribution in [0.25, 0.3) is 0 Å². The second kappa shape index (κ2) is 4.97. The normalized spacial score (nSPS) is 9.47. The van der Waals surface area contributed by atoms with Gasteiger partial charge < -0.3 is 17.2 Å². The van der Waals surface area contributed by atoms with Gasteiger partial charge in [0, 0.05) is 12.6 Å². The highest BCUT2D eigenvalue weighted by Crippen LogP contribution is 2.17. The van der Waals surface area contributed by atoms with E-state index < -0.39 is 0 Å². The van der Waals surface area contributed by atoms with Gasteiger partial charge in [-0.3, -0.25) is 10.2 Å². The van der Waals surface area contributed by atoms with Gasteiger partial charge in [0.25, 0.3) is 0 Å². The Bertz CT molecular complexity index is 460. The predicted molar refractivity (Wildman–Crippen MR) is 67.6 cm³/mol. The summed E-state index contributed by atoms with van der Waals surface area (Å²) in [6.07, 6.45) is 0. The Morgan fingerprint density at radius 2 is 1.82 bits per heavy atom. The number of aliphatic imine (C=N–C) groups is 1. The molecule has 7 nitrogen and oxygen atoms in total. The fraction of sp³-hybridized carbons (Fsp3) is 0.100. The Labute approximate surface area is 98.4 Å². The number of nitrogens with two attached hydrogens (primary N) is 3. The van der Waals surface area contributed by atoms with E-state index in [2.05, 4.69) is 4.99 Å². The van der Waals surface area contributed by atoms with E-state index in [0.29, 0.717) is 11.4 Å². The van der Waals surface area contributed by atoms with E-state index in [0.717, 1.165) is 4.90 Å². The Morgan fingerprint density at radius 3 is 2.24 bits per heavy atom. The summed E-state index contributed by atoms with van der Waals surface area (Å²) >= 11 is 0. The lowest BCUT2D eigenvalue weighted by atomic mass is 10.2. The molecule has 1 aromatic carbocycles. The molecular formula is C10H14N6O. The smallest absolute Gasteiger partial charge is 0.232 e. The fourth-order valence-corrected chi connectivity index (χ4v) is 1.25. The molecule has 7 heteroatoms. The zero-order valence-corrected chi connectivity index (χ0v) is 9.34. The van der Waals surface area contributed by atoms with Crippen LogP contribution in [0.5, 0.6) is 0 Å². The highest BCUT2D eigenvalue weighted by atomic mass is 16.2. The number of nitrogen functional groups attached to an aromatic ring is 1. The molecule has 0 saturated heterocycles. The van der Waals surface area contributed by atoms with Crippen LogP contribution in [0.15, 0.2) is 29.3 Å². The number of nitrogens with one attached hydrogen (secondary N) is 1. The lowest BCUT2D eigenvalue weighted by molar-refractivity contribution is -0.115. The fourth-order valence-electron chi connectivity index (χ4n) is 1.25. The maximum Gasteiger partial charge on any atom is 0.232 e. The van der Waals surface area contributed by atoms with Crippen molar-refractivity contribution in [1.82, 2.24) is 0 Å². The number of nitrogens with zero attached hydrogens (tertiary/aromatic N) is 2. The molecule has 0 aromatic heterocycles. The first-order valence-electron chi connectivity index (χ1n) is 4.76. The molecule has 0 spiro atoms. The van der Waals surface area contributed by atoms with Gasteiger partial charge in [-0.15, -0.1) is 0 Å². The lowest BCUT2D eigenvalue weighted by Crippen LogP contribution is -2.36. The molecule has 0 heterocycles. The number of amides is 1. The molecule has 1 rings (SSSR count). The van der Waals surface area contributed by atoms with E-state index in [9.17, 15) is 4.79 Å². The van der Waals surface area contributed by atoms with Crippen molar-refractivity contribution in [2.45, 2.75) is 6.92 Å². The van der Waals surface area contributed by atoms with Gasteiger partial charge in [-0.1, -0.05) is 0 Å². The molecule has 7 N–H and O–H groups in total. The maximum atomic E-state index is 11.5. The molecule has 90 valence electrons. The van der Waals surface area contributed by atoms with Crippen LogP contribution in [-0.4, -0.2) is 17.8 Å². The van der Waals surface area contributed by atoms with E-state index in [1.54, 1.807) is 24.3 Å². The molecular weight excluding hydrogens is 220 g/mol. The third kappa shape index (κ3) is 3.20. The van der Waals surface area contributed by atoms with Gasteiger partial charge in [-0.2, -0.15) is 4.99 Å². The van der Waals surface area contributed by atoms with Crippen LogP contribution in [-0.2, 0) is 4.79 Å². The molecule has 0 atom stereocenters. The standard InChI is InChI=1S/C10H14N6O/c1-6(17)16(10(14)15-9(12)13)8-4-2-7(11)3-5-8/h2-5H,11H2,1H3,(H5,12,13,14,15). The lowest BCUT2D eigenvalue weighted by Gasteiger charge is -2.18. The second-order valence-electron chi connectivity index (χ2n) is 3.31. The Hall–Kier alpha value is -2.57. The summed E-state index contributed by atoms with van der Waals surface area (Å²) in [5, 5.41) is 7.62. The van der Waals surface area contributed by atoms with Gasteiger partial charge in [-0.05, 0) is 24.3 Å². The molecule has 0 aliphatic carbocycles. The minimum Gasteiger partial charge on any atom is -0.399 e. The van der Waals surface area contributed by atoms with E-state index in [1.165, 1.54) is 6.92 Å². The number of carbonyl (C=O) groups is 1. The minimum atomic E-state index is -0.371. The van der Waals surface area contributed by atoms with Gasteiger partial charge in [0.15, 0.2) is 5.96 Å². The average Bonchev–Trinajstić information content (AvgIpc) is 2.19. The van der Waals surface area contributed by atoms with Gasteiger partial charge in [0.1, 0.15) is 0 Å². The van der Waals surface area contributed by atoms with Crippen LogP contribution in [0, 0.1) is 5.41 Å². The summed E-state index contributed by atoms with van der Waals surface area (Å²) in [4.78, 5) is 16.1. The van der Waals surface area contributed by atoms with Gasteiger partial charge in [-0.25, -0.2) is 4.90 Å². The van der Waals surface area contributed by atoms with Crippen molar-refractivity contribution in [1.29, 1.82) is 5.41 Å². The highest BCUT2D eigenvalue weighted by Gasteiger charge is 2.16. The molecule has 0 unspecified atom stereocenters. The first kappa shape index (κ1) is 12.5. The molecule has 0 fully saturated rings. The topological polar surface area (TPSA) is 135 Å². The number of anilines is 2. The largest absolute Gasteiger partial charge is 0.399 e. The molecule has 0 radical (unpaired) electrons. The van der Waals surface area contributed by atoms with Crippen LogP contribution >= 0.6 is 0 Å². The van der Waals surface area contributed by atoms with Gasteiger partial charge >= 0.3 is 0 Å². The van der Waals surface area contributed by atoms with Gasteiger partial charge in [0.05, 0.1) is 5.69 Å². The molecule has 17 heavy (non-hydrogen) atoms. The first-order valence-corrected chi connectivity index (χ1v) is 4.76. The van der Waals surface area contributed by atoms with Crippen molar-refractivity contribution in [3.05, 3.63) is 24.3 Å². The van der Waals surface area contributed by atoms with E-state index in [4.69, 9.17) is 22.6 Å². The zero-order valence-electron chi connectivity index (χ0n) is 9.34. The maximum absolute atomic E-state index is 11.5. The summed E-state index contributed by atoms with van der Waals surface area (Å²) in [7, 11) is 0. The third-order valence-corrected chi connectivity index (χ3v) is 1.91. The molecule has 0 saturated carbocycles. The zero-order chi connectivity index (χ0) is 13.0. The van der Waals surface area contributed by atoms with Crippen molar-refractivity contribution in [3.63, 3.8) is 0 Å². The van der Waals surface area contributed by atoms with Crippen molar-refractivity contribution < 1.29 is 4.79 Å². The van der Waals surface area contributed by atoms with E-state index >= 15 is 0 Å². The van der Waals surface area contributed by atoms with E-state index in [1.807, 2.05) is 0 Å². The monoisotopic (exact) mass is 234 g/mol. The van der Waals surface area contributed by atoms with Crippen LogP contribution < -0.4 is 22.1 Å². The quantitative estimate of drug-likeness (QED) is 0.305. The first-order chi connectivity index (χ1) is 7.91. The summed E-state index contributed by atoms with van der Waals surface area (Å²) in [5.74, 6) is -0.997. The van der Waals surface area contributed by atoms with Crippen molar-refractivity contribution >= 4 is 29.2 Å². The third-order valence-electron chi connectivity index (χ3n) is 1.91. The molecule has 0 aliphatic rings. The summed E-state index contributed by atoms with van der Waals surface area (Å²) in [6.45, 7) is 1.31. The molecule has 1 amide bonds. The number of hydrogen-bond acceptors (Lipinski definition) is 3. The number of benzene rings is 1. The molecule has 0 bridgehead atoms. The number of guanidine groups is 2. The van der Waals surface area contributed by atoms with Crippen LogP contribution in [0.2, 0.25) is 0 Å². The Morgan fingerprint density at radius 1 is 1.29 bits per heavy atom. The van der Waals surface area contributed by atoms with Crippen LogP contribution in [0.4, 0.5) is 11.4 Å². The number of carbonyl (C=O) groups excluding carboxylic acids is 1. The van der Waals surface area contributed by atoms with E-state index in [-0.39, 0.29) is 17.8 Å². The van der Waals surface area contributed by atoms with Gasteiger partial charge in [0.2, 0.25) is 11.9 Å².